The number of fused-ring (bicyclic) bond motifs is 2. The average Bonchev–Trinajstić information content (AvgIpc) is 3.61. The second-order valence-corrected chi connectivity index (χ2v) is 14.0. The van der Waals surface area contributed by atoms with Crippen LogP contribution in [0.2, 0.25) is 0 Å². The van der Waals surface area contributed by atoms with Crippen LogP contribution in [0.15, 0.2) is 29.3 Å². The number of piperidine rings is 1. The molecule has 0 bridgehead atoms. The van der Waals surface area contributed by atoms with Crippen molar-refractivity contribution >= 4 is 38.5 Å². The van der Waals surface area contributed by atoms with E-state index in [2.05, 4.69) is 26.1 Å². The molecule has 40 heavy (non-hydrogen) atoms. The molecule has 5 heterocycles. The van der Waals surface area contributed by atoms with Crippen molar-refractivity contribution in [2.45, 2.75) is 35.4 Å². The Morgan fingerprint density at radius 3 is 2.73 bits per heavy atom. The largest absolute Gasteiger partial charge is 0.383 e. The number of anilines is 1. The van der Waals surface area contributed by atoms with Crippen LogP contribution < -0.4 is 4.90 Å². The zero-order chi connectivity index (χ0) is 27.7. The Kier molecular flexibility index (Phi) is 8.29. The second kappa shape index (κ2) is 11.9. The number of rotatable bonds is 9. The van der Waals surface area contributed by atoms with Gasteiger partial charge in [0.1, 0.15) is 5.82 Å². The Morgan fingerprint density at radius 1 is 1.18 bits per heavy atom. The highest BCUT2D eigenvalue weighted by Gasteiger charge is 2.35. The summed E-state index contributed by atoms with van der Waals surface area (Å²) in [5, 5.41) is 8.64. The van der Waals surface area contributed by atoms with Gasteiger partial charge in [0.25, 0.3) is 0 Å². The van der Waals surface area contributed by atoms with Gasteiger partial charge in [-0.05, 0) is 18.9 Å². The average molecular weight is 588 g/mol. The van der Waals surface area contributed by atoms with Crippen molar-refractivity contribution in [2.75, 3.05) is 77.4 Å². The molecule has 216 valence electrons. The molecule has 0 saturated carbocycles. The third-order valence-electron chi connectivity index (χ3n) is 8.09. The number of nitrogens with one attached hydrogen (secondary N) is 1. The molecule has 3 aliphatic rings. The molecule has 1 aromatic carbocycles. The number of morpholine rings is 1. The van der Waals surface area contributed by atoms with Crippen molar-refractivity contribution in [2.24, 2.45) is 0 Å². The molecule has 13 heteroatoms. The predicted molar refractivity (Wildman–Crippen MR) is 156 cm³/mol. The van der Waals surface area contributed by atoms with Crippen LogP contribution in [0.1, 0.15) is 18.5 Å². The lowest BCUT2D eigenvalue weighted by molar-refractivity contribution is 0.0953. The number of sulfonamides is 1. The first-order chi connectivity index (χ1) is 19.4. The summed E-state index contributed by atoms with van der Waals surface area (Å²) >= 11 is 1.88. The van der Waals surface area contributed by atoms with E-state index in [9.17, 15) is 8.42 Å². The Balaban J connectivity index is 1.26. The van der Waals surface area contributed by atoms with Gasteiger partial charge in [0.05, 0.1) is 48.4 Å². The summed E-state index contributed by atoms with van der Waals surface area (Å²) in [6, 6.07) is 6.43. The molecule has 11 nitrogen and oxygen atoms in total. The standard InChI is InChI=1S/C27H37N7O4S2/c1-37-13-10-33(19-6-8-34(9-7-19)40(2,35)36)18-20-16-24-25(39-20)27(32-11-14-38-15-12-32)30-26(29-24)21-4-3-5-23-22(21)17-28-31-23/h3-5,17,19-20H,6-16,18H2,1-2H3,(H,28,31). The van der Waals surface area contributed by atoms with Crippen LogP contribution in [-0.2, 0) is 25.9 Å². The maximum Gasteiger partial charge on any atom is 0.211 e. The number of methoxy groups -OCH3 is 1. The first-order valence-electron chi connectivity index (χ1n) is 13.9. The van der Waals surface area contributed by atoms with Crippen molar-refractivity contribution in [3.8, 4) is 11.4 Å². The predicted octanol–water partition coefficient (Wildman–Crippen LogP) is 2.25. The molecule has 0 spiro atoms. The van der Waals surface area contributed by atoms with Crippen LogP contribution in [0.5, 0.6) is 0 Å². The lowest BCUT2D eigenvalue weighted by Crippen LogP contribution is -2.49. The highest BCUT2D eigenvalue weighted by atomic mass is 32.2. The molecular weight excluding hydrogens is 550 g/mol. The van der Waals surface area contributed by atoms with Crippen LogP contribution in [0, 0.1) is 0 Å². The zero-order valence-corrected chi connectivity index (χ0v) is 24.7. The molecule has 2 aromatic heterocycles. The van der Waals surface area contributed by atoms with Crippen LogP contribution in [0.3, 0.4) is 0 Å². The summed E-state index contributed by atoms with van der Waals surface area (Å²) in [4.78, 5) is 16.3. The van der Waals surface area contributed by atoms with Gasteiger partial charge in [-0.2, -0.15) is 5.10 Å². The number of hydrogen-bond acceptors (Lipinski definition) is 10. The Hall–Kier alpha value is -2.29. The SMILES string of the molecule is COCCN(CC1Cc2nc(-c3cccc4[nH]ncc34)nc(N3CCOCC3)c2S1)C1CCN(S(C)(=O)=O)CC1. The minimum atomic E-state index is -3.15. The van der Waals surface area contributed by atoms with Gasteiger partial charge in [0, 0.05) is 75.0 Å². The number of nitrogens with zero attached hydrogens (tertiary/aromatic N) is 6. The van der Waals surface area contributed by atoms with Crippen LogP contribution in [-0.4, -0.2) is 122 Å². The third-order valence-corrected chi connectivity index (χ3v) is 10.7. The van der Waals surface area contributed by atoms with E-state index >= 15 is 0 Å². The van der Waals surface area contributed by atoms with Gasteiger partial charge >= 0.3 is 0 Å². The molecule has 1 unspecified atom stereocenters. The number of benzene rings is 1. The lowest BCUT2D eigenvalue weighted by Gasteiger charge is -2.38. The van der Waals surface area contributed by atoms with E-state index in [0.717, 1.165) is 79.2 Å². The molecule has 0 aliphatic carbocycles. The Bertz CT molecular complexity index is 1440. The summed E-state index contributed by atoms with van der Waals surface area (Å²) < 4.78 is 36.8. The third kappa shape index (κ3) is 5.86. The van der Waals surface area contributed by atoms with Crippen LogP contribution in [0.25, 0.3) is 22.3 Å². The van der Waals surface area contributed by atoms with Gasteiger partial charge in [0.2, 0.25) is 10.0 Å². The molecule has 1 N–H and O–H groups in total. The molecule has 2 fully saturated rings. The van der Waals surface area contributed by atoms with Crippen LogP contribution >= 0.6 is 11.8 Å². The van der Waals surface area contributed by atoms with Gasteiger partial charge < -0.3 is 14.4 Å². The minimum absolute atomic E-state index is 0.328. The Morgan fingerprint density at radius 2 is 1.98 bits per heavy atom. The number of thioether (sulfide) groups is 1. The normalized spacial score (nSPS) is 21.0. The van der Waals surface area contributed by atoms with E-state index in [1.807, 2.05) is 30.1 Å². The maximum atomic E-state index is 12.0. The molecule has 6 rings (SSSR count). The zero-order valence-electron chi connectivity index (χ0n) is 23.1. The molecule has 3 aromatic rings. The van der Waals surface area contributed by atoms with E-state index in [0.29, 0.717) is 44.2 Å². The molecule has 3 aliphatic heterocycles. The monoisotopic (exact) mass is 587 g/mol. The molecule has 2 saturated heterocycles. The highest BCUT2D eigenvalue weighted by molar-refractivity contribution is 8.00. The van der Waals surface area contributed by atoms with Crippen molar-refractivity contribution in [3.63, 3.8) is 0 Å². The quantitative estimate of drug-likeness (QED) is 0.400. The van der Waals surface area contributed by atoms with Gasteiger partial charge in [-0.1, -0.05) is 12.1 Å². The maximum absolute atomic E-state index is 12.0. The minimum Gasteiger partial charge on any atom is -0.383 e. The summed E-state index contributed by atoms with van der Waals surface area (Å²) in [5.41, 5.74) is 3.05. The molecule has 0 radical (unpaired) electrons. The van der Waals surface area contributed by atoms with Gasteiger partial charge in [0.15, 0.2) is 5.82 Å². The Labute approximate surface area is 239 Å². The van der Waals surface area contributed by atoms with Gasteiger partial charge in [-0.25, -0.2) is 22.7 Å². The van der Waals surface area contributed by atoms with Crippen molar-refractivity contribution in [1.29, 1.82) is 0 Å². The van der Waals surface area contributed by atoms with E-state index in [4.69, 9.17) is 19.4 Å². The fourth-order valence-electron chi connectivity index (χ4n) is 5.97. The smallest absolute Gasteiger partial charge is 0.211 e. The summed E-state index contributed by atoms with van der Waals surface area (Å²) in [7, 11) is -1.42. The summed E-state index contributed by atoms with van der Waals surface area (Å²) in [6.07, 6.45) is 5.67. The fraction of sp³-hybridized carbons (Fsp3) is 0.593. The number of ether oxygens (including phenoxy) is 2. The first kappa shape index (κ1) is 27.9. The number of aromatic nitrogens is 4. The summed E-state index contributed by atoms with van der Waals surface area (Å²) in [6.45, 7) is 6.50. The highest BCUT2D eigenvalue weighted by Crippen LogP contribution is 2.44. The van der Waals surface area contributed by atoms with Crippen molar-refractivity contribution < 1.29 is 17.9 Å². The van der Waals surface area contributed by atoms with E-state index < -0.39 is 10.0 Å². The van der Waals surface area contributed by atoms with E-state index in [1.54, 1.807) is 11.4 Å². The molecular formula is C27H37N7O4S2. The van der Waals surface area contributed by atoms with E-state index in [1.165, 1.54) is 11.2 Å². The lowest BCUT2D eigenvalue weighted by atomic mass is 10.0. The van der Waals surface area contributed by atoms with Gasteiger partial charge in [-0.15, -0.1) is 11.8 Å². The van der Waals surface area contributed by atoms with Crippen molar-refractivity contribution in [3.05, 3.63) is 30.1 Å². The molecule has 0 amide bonds. The second-order valence-electron chi connectivity index (χ2n) is 10.7. The number of H-pyrrole nitrogens is 1. The fourth-order valence-corrected chi connectivity index (χ4v) is 8.23. The molecule has 1 atom stereocenters. The number of hydrogen-bond donors (Lipinski definition) is 1. The van der Waals surface area contributed by atoms with Crippen LogP contribution in [0.4, 0.5) is 5.82 Å². The summed E-state index contributed by atoms with van der Waals surface area (Å²) in [5.74, 6) is 1.74. The van der Waals surface area contributed by atoms with E-state index in [-0.39, 0.29) is 0 Å². The number of aromatic amines is 1. The first-order valence-corrected chi connectivity index (χ1v) is 16.6. The topological polar surface area (TPSA) is 117 Å². The van der Waals surface area contributed by atoms with Crippen molar-refractivity contribution in [1.82, 2.24) is 29.4 Å². The van der Waals surface area contributed by atoms with Gasteiger partial charge in [-0.3, -0.25) is 10.00 Å².